The molecule has 1 N–H and O–H groups in total. The third-order valence-corrected chi connectivity index (χ3v) is 4.45. The molecule has 1 fully saturated rings. The van der Waals surface area contributed by atoms with Gasteiger partial charge in [-0.15, -0.1) is 0 Å². The summed E-state index contributed by atoms with van der Waals surface area (Å²) in [6, 6.07) is 6.10. The molecule has 1 aromatic rings. The maximum Gasteiger partial charge on any atom is 0.123 e. The first kappa shape index (κ1) is 16.8. The Kier molecular flexibility index (Phi) is 7.54. The van der Waals surface area contributed by atoms with Gasteiger partial charge in [0, 0.05) is 23.2 Å². The Hall–Kier alpha value is -0.580. The second kappa shape index (κ2) is 9.44. The van der Waals surface area contributed by atoms with Crippen molar-refractivity contribution in [2.75, 3.05) is 20.3 Å². The van der Waals surface area contributed by atoms with Gasteiger partial charge in [-0.3, -0.25) is 0 Å². The van der Waals surface area contributed by atoms with Crippen LogP contribution >= 0.6 is 15.9 Å². The molecule has 0 saturated heterocycles. The van der Waals surface area contributed by atoms with Crippen LogP contribution < -0.4 is 10.1 Å². The highest BCUT2D eigenvalue weighted by molar-refractivity contribution is 9.10. The van der Waals surface area contributed by atoms with E-state index in [9.17, 15) is 0 Å². The van der Waals surface area contributed by atoms with E-state index < -0.39 is 0 Å². The summed E-state index contributed by atoms with van der Waals surface area (Å²) in [5.74, 6) is 0.934. The molecule has 0 amide bonds. The Morgan fingerprint density at radius 3 is 2.81 bits per heavy atom. The number of halogens is 1. The van der Waals surface area contributed by atoms with Crippen LogP contribution in [0.15, 0.2) is 22.7 Å². The van der Waals surface area contributed by atoms with Crippen LogP contribution in [0.25, 0.3) is 0 Å². The molecule has 0 aromatic heterocycles. The highest BCUT2D eigenvalue weighted by Gasteiger charge is 2.12. The predicted molar refractivity (Wildman–Crippen MR) is 89.8 cm³/mol. The lowest BCUT2D eigenvalue weighted by Crippen LogP contribution is -2.20. The Balaban J connectivity index is 1.60. The van der Waals surface area contributed by atoms with Crippen LogP contribution in [0, 0.1) is 0 Å². The Bertz CT molecular complexity index is 419. The monoisotopic (exact) mass is 355 g/mol. The summed E-state index contributed by atoms with van der Waals surface area (Å²) in [5, 5.41) is 3.46. The van der Waals surface area contributed by atoms with Gasteiger partial charge in [0.05, 0.1) is 13.2 Å². The summed E-state index contributed by atoms with van der Waals surface area (Å²) in [6.07, 6.45) is 8.15. The number of hydrogen-bond acceptors (Lipinski definition) is 3. The molecule has 0 radical (unpaired) electrons. The molecule has 4 heteroatoms. The highest BCUT2D eigenvalue weighted by Crippen LogP contribution is 2.23. The molecule has 1 saturated carbocycles. The molecular weight excluding hydrogens is 330 g/mol. The zero-order valence-corrected chi connectivity index (χ0v) is 14.5. The Morgan fingerprint density at radius 2 is 2.05 bits per heavy atom. The van der Waals surface area contributed by atoms with Crippen molar-refractivity contribution < 1.29 is 9.47 Å². The molecule has 0 heterocycles. The second-order valence-electron chi connectivity index (χ2n) is 5.62. The van der Waals surface area contributed by atoms with E-state index in [2.05, 4.69) is 27.3 Å². The van der Waals surface area contributed by atoms with Crippen LogP contribution in [0.5, 0.6) is 5.75 Å². The minimum absolute atomic E-state index is 0.518. The number of nitrogens with one attached hydrogen (secondary N) is 1. The van der Waals surface area contributed by atoms with Gasteiger partial charge in [0.15, 0.2) is 0 Å². The number of benzene rings is 1. The van der Waals surface area contributed by atoms with Crippen molar-refractivity contribution in [3.63, 3.8) is 0 Å². The molecular formula is C17H26BrNO2. The van der Waals surface area contributed by atoms with Gasteiger partial charge in [0.2, 0.25) is 0 Å². The Labute approximate surface area is 136 Å². The number of ether oxygens (including phenoxy) is 2. The first-order valence-corrected chi connectivity index (χ1v) is 8.73. The predicted octanol–water partition coefficient (Wildman–Crippen LogP) is 4.29. The maximum absolute atomic E-state index is 5.93. The van der Waals surface area contributed by atoms with Crippen LogP contribution in [-0.4, -0.2) is 26.4 Å². The van der Waals surface area contributed by atoms with Crippen molar-refractivity contribution >= 4 is 15.9 Å². The quantitative estimate of drug-likeness (QED) is 0.705. The van der Waals surface area contributed by atoms with Crippen LogP contribution in [0.4, 0.5) is 0 Å². The van der Waals surface area contributed by atoms with E-state index in [4.69, 9.17) is 9.47 Å². The molecule has 1 aromatic carbocycles. The largest absolute Gasteiger partial charge is 0.496 e. The van der Waals surface area contributed by atoms with Crippen molar-refractivity contribution in [3.05, 3.63) is 28.2 Å². The van der Waals surface area contributed by atoms with Gasteiger partial charge in [0.25, 0.3) is 0 Å². The van der Waals surface area contributed by atoms with E-state index in [-0.39, 0.29) is 0 Å². The molecule has 1 aliphatic carbocycles. The molecule has 1 aliphatic rings. The molecule has 0 unspecified atom stereocenters. The molecule has 2 rings (SSSR count). The summed E-state index contributed by atoms with van der Waals surface area (Å²) >= 11 is 3.50. The van der Waals surface area contributed by atoms with Crippen molar-refractivity contribution in [1.82, 2.24) is 5.32 Å². The maximum atomic E-state index is 5.93. The third kappa shape index (κ3) is 5.97. The molecule has 21 heavy (non-hydrogen) atoms. The highest BCUT2D eigenvalue weighted by atomic mass is 79.9. The first-order chi connectivity index (χ1) is 10.3. The lowest BCUT2D eigenvalue weighted by atomic mass is 9.98. The average molecular weight is 356 g/mol. The number of rotatable bonds is 8. The number of hydrogen-bond donors (Lipinski definition) is 1. The minimum atomic E-state index is 0.518. The second-order valence-corrected chi connectivity index (χ2v) is 6.53. The van der Waals surface area contributed by atoms with Gasteiger partial charge in [-0.05, 0) is 44.0 Å². The lowest BCUT2D eigenvalue weighted by molar-refractivity contribution is 0.0273. The van der Waals surface area contributed by atoms with E-state index in [0.717, 1.165) is 36.3 Å². The van der Waals surface area contributed by atoms with Gasteiger partial charge in [0.1, 0.15) is 5.75 Å². The number of methoxy groups -OCH3 is 1. The van der Waals surface area contributed by atoms with Crippen molar-refractivity contribution in [1.29, 1.82) is 0 Å². The summed E-state index contributed by atoms with van der Waals surface area (Å²) in [7, 11) is 1.71. The zero-order chi connectivity index (χ0) is 14.9. The fourth-order valence-corrected chi connectivity index (χ4v) is 3.20. The third-order valence-electron chi connectivity index (χ3n) is 3.96. The van der Waals surface area contributed by atoms with Gasteiger partial charge in [-0.1, -0.05) is 35.2 Å². The summed E-state index contributed by atoms with van der Waals surface area (Å²) in [6.45, 7) is 2.67. The van der Waals surface area contributed by atoms with Crippen LogP contribution in [0.2, 0.25) is 0 Å². The van der Waals surface area contributed by atoms with E-state index in [1.165, 1.54) is 37.7 Å². The molecule has 118 valence electrons. The standard InChI is InChI=1S/C17H26BrNO2/c1-20-17-9-8-15(18)12-14(17)13-19-10-5-11-21-16-6-3-2-4-7-16/h8-9,12,16,19H,2-7,10-11,13H2,1H3. The fraction of sp³-hybridized carbons (Fsp3) is 0.647. The average Bonchev–Trinajstić information content (AvgIpc) is 2.52. The minimum Gasteiger partial charge on any atom is -0.496 e. The van der Waals surface area contributed by atoms with E-state index in [1.54, 1.807) is 7.11 Å². The zero-order valence-electron chi connectivity index (χ0n) is 12.9. The first-order valence-electron chi connectivity index (χ1n) is 7.94. The van der Waals surface area contributed by atoms with Gasteiger partial charge < -0.3 is 14.8 Å². The molecule has 0 atom stereocenters. The summed E-state index contributed by atoms with van der Waals surface area (Å²) in [5.41, 5.74) is 1.18. The van der Waals surface area contributed by atoms with E-state index in [0.29, 0.717) is 6.10 Å². The normalized spacial score (nSPS) is 16.1. The van der Waals surface area contributed by atoms with Gasteiger partial charge in [-0.2, -0.15) is 0 Å². The smallest absolute Gasteiger partial charge is 0.123 e. The summed E-state index contributed by atoms with van der Waals surface area (Å²) < 4.78 is 12.4. The van der Waals surface area contributed by atoms with Crippen molar-refractivity contribution in [2.45, 2.75) is 51.2 Å². The summed E-state index contributed by atoms with van der Waals surface area (Å²) in [4.78, 5) is 0. The SMILES string of the molecule is COc1ccc(Br)cc1CNCCCOC1CCCCC1. The van der Waals surface area contributed by atoms with Crippen LogP contribution in [-0.2, 0) is 11.3 Å². The van der Waals surface area contributed by atoms with E-state index in [1.807, 2.05) is 12.1 Å². The van der Waals surface area contributed by atoms with E-state index >= 15 is 0 Å². The van der Waals surface area contributed by atoms with Crippen LogP contribution in [0.1, 0.15) is 44.1 Å². The topological polar surface area (TPSA) is 30.5 Å². The van der Waals surface area contributed by atoms with Gasteiger partial charge >= 0.3 is 0 Å². The molecule has 0 aliphatic heterocycles. The van der Waals surface area contributed by atoms with Crippen LogP contribution in [0.3, 0.4) is 0 Å². The Morgan fingerprint density at radius 1 is 1.24 bits per heavy atom. The van der Waals surface area contributed by atoms with Crippen molar-refractivity contribution in [3.8, 4) is 5.75 Å². The van der Waals surface area contributed by atoms with Gasteiger partial charge in [-0.25, -0.2) is 0 Å². The molecule has 0 bridgehead atoms. The molecule has 3 nitrogen and oxygen atoms in total. The fourth-order valence-electron chi connectivity index (χ4n) is 2.79. The van der Waals surface area contributed by atoms with Crippen molar-refractivity contribution in [2.24, 2.45) is 0 Å². The molecule has 0 spiro atoms. The lowest BCUT2D eigenvalue weighted by Gasteiger charge is -2.22.